The zero-order valence-electron chi connectivity index (χ0n) is 11.9. The van der Waals surface area contributed by atoms with Gasteiger partial charge in [0.2, 0.25) is 4.80 Å². The molecule has 0 fully saturated rings. The molecule has 4 rings (SSSR count). The topological polar surface area (TPSA) is 58.3 Å². The first-order chi connectivity index (χ1) is 10.8. The summed E-state index contributed by atoms with van der Waals surface area (Å²) in [7, 11) is 1.99. The molecule has 2 aromatic heterocycles. The van der Waals surface area contributed by atoms with E-state index in [4.69, 9.17) is 0 Å². The first-order valence-electron chi connectivity index (χ1n) is 6.88. The van der Waals surface area contributed by atoms with Gasteiger partial charge in [-0.15, -0.1) is 5.10 Å². The lowest BCUT2D eigenvalue weighted by Crippen LogP contribution is -2.08. The number of H-pyrrole nitrogens is 1. The van der Waals surface area contributed by atoms with Crippen molar-refractivity contribution in [2.24, 2.45) is 17.3 Å². The molecule has 0 atom stereocenters. The van der Waals surface area contributed by atoms with E-state index in [0.717, 1.165) is 21.4 Å². The van der Waals surface area contributed by atoms with Gasteiger partial charge in [-0.05, 0) is 24.3 Å². The summed E-state index contributed by atoms with van der Waals surface area (Å²) in [5.74, 6) is 0.703. The average molecular weight is 307 g/mol. The number of fused-ring (bicyclic) bond motifs is 2. The first-order valence-corrected chi connectivity index (χ1v) is 7.69. The van der Waals surface area contributed by atoms with Crippen LogP contribution in [0, 0.1) is 0 Å². The maximum atomic E-state index is 4.44. The lowest BCUT2D eigenvalue weighted by atomic mass is 10.3. The molecule has 4 aromatic rings. The Morgan fingerprint density at radius 3 is 2.82 bits per heavy atom. The van der Waals surface area contributed by atoms with Crippen LogP contribution < -0.4 is 4.80 Å². The van der Waals surface area contributed by atoms with Gasteiger partial charge >= 0.3 is 0 Å². The Bertz CT molecular complexity index is 1020. The third-order valence-corrected chi connectivity index (χ3v) is 4.55. The van der Waals surface area contributed by atoms with Crippen LogP contribution in [0.15, 0.2) is 58.7 Å². The fourth-order valence-corrected chi connectivity index (χ4v) is 3.32. The summed E-state index contributed by atoms with van der Waals surface area (Å²) in [6.45, 7) is 0. The van der Waals surface area contributed by atoms with Crippen molar-refractivity contribution in [1.29, 1.82) is 0 Å². The molecule has 6 heteroatoms. The summed E-state index contributed by atoms with van der Waals surface area (Å²) >= 11 is 1.62. The second-order valence-corrected chi connectivity index (χ2v) is 5.90. The molecular formula is C16H13N5S. The lowest BCUT2D eigenvalue weighted by Gasteiger charge is -1.92. The molecule has 1 N–H and O–H groups in total. The molecular weight excluding hydrogens is 294 g/mol. The molecule has 0 saturated heterocycles. The van der Waals surface area contributed by atoms with Crippen molar-refractivity contribution in [2.75, 3.05) is 0 Å². The zero-order chi connectivity index (χ0) is 14.9. The van der Waals surface area contributed by atoms with Crippen LogP contribution in [-0.2, 0) is 7.05 Å². The molecule has 0 spiro atoms. The van der Waals surface area contributed by atoms with Crippen LogP contribution in [0.4, 0.5) is 0 Å². The van der Waals surface area contributed by atoms with Crippen LogP contribution in [0.5, 0.6) is 0 Å². The van der Waals surface area contributed by atoms with Crippen molar-refractivity contribution in [3.8, 4) is 0 Å². The molecule has 108 valence electrons. The highest BCUT2D eigenvalue weighted by atomic mass is 32.1. The first kappa shape index (κ1) is 13.0. The van der Waals surface area contributed by atoms with E-state index in [0.29, 0.717) is 5.82 Å². The Labute approximate surface area is 130 Å². The number of aromatic nitrogens is 3. The van der Waals surface area contributed by atoms with Crippen LogP contribution in [0.3, 0.4) is 0 Å². The molecule has 0 radical (unpaired) electrons. The van der Waals surface area contributed by atoms with E-state index in [-0.39, 0.29) is 0 Å². The van der Waals surface area contributed by atoms with Crippen molar-refractivity contribution < 1.29 is 0 Å². The summed E-state index contributed by atoms with van der Waals surface area (Å²) in [4.78, 5) is 8.50. The van der Waals surface area contributed by atoms with Crippen LogP contribution >= 0.6 is 11.3 Å². The number of aryl methyl sites for hydroxylation is 1. The Morgan fingerprint density at radius 1 is 1.14 bits per heavy atom. The number of hydrogen-bond acceptors (Lipinski definition) is 4. The highest BCUT2D eigenvalue weighted by molar-refractivity contribution is 7.16. The maximum Gasteiger partial charge on any atom is 0.211 e. The van der Waals surface area contributed by atoms with Crippen LogP contribution in [0.1, 0.15) is 5.82 Å². The fraction of sp³-hybridized carbons (Fsp3) is 0.0625. The van der Waals surface area contributed by atoms with Crippen LogP contribution in [-0.4, -0.2) is 20.7 Å². The summed E-state index contributed by atoms with van der Waals surface area (Å²) in [6, 6.07) is 16.1. The molecule has 0 aliphatic carbocycles. The second kappa shape index (κ2) is 5.23. The third kappa shape index (κ3) is 2.23. The summed E-state index contributed by atoms with van der Waals surface area (Å²) in [5, 5.41) is 8.46. The Kier molecular flexibility index (Phi) is 3.08. The number of nitrogens with one attached hydrogen (secondary N) is 1. The Balaban J connectivity index is 1.71. The van der Waals surface area contributed by atoms with E-state index in [1.54, 1.807) is 17.6 Å². The number of nitrogens with zero attached hydrogens (tertiary/aromatic N) is 4. The second-order valence-electron chi connectivity index (χ2n) is 4.90. The Morgan fingerprint density at radius 2 is 1.95 bits per heavy atom. The SMILES string of the molecule is Cn1c(=NN=Cc2nc3ccccc3[nH]2)sc2ccccc21. The van der Waals surface area contributed by atoms with E-state index in [1.807, 2.05) is 48.0 Å². The van der Waals surface area contributed by atoms with Gasteiger partial charge in [0.15, 0.2) is 5.82 Å². The number of hydrogen-bond donors (Lipinski definition) is 1. The molecule has 0 bridgehead atoms. The van der Waals surface area contributed by atoms with Gasteiger partial charge in [0.05, 0.1) is 27.5 Å². The molecule has 0 aliphatic rings. The average Bonchev–Trinajstić information content (AvgIpc) is 3.09. The van der Waals surface area contributed by atoms with Gasteiger partial charge in [-0.2, -0.15) is 5.10 Å². The highest BCUT2D eigenvalue weighted by Gasteiger charge is 2.01. The highest BCUT2D eigenvalue weighted by Crippen LogP contribution is 2.15. The fourth-order valence-electron chi connectivity index (χ4n) is 2.34. The molecule has 5 nitrogen and oxygen atoms in total. The van der Waals surface area contributed by atoms with Crippen molar-refractivity contribution in [1.82, 2.24) is 14.5 Å². The lowest BCUT2D eigenvalue weighted by molar-refractivity contribution is 0.889. The smallest absolute Gasteiger partial charge is 0.211 e. The molecule has 2 heterocycles. The molecule has 0 aliphatic heterocycles. The van der Waals surface area contributed by atoms with Gasteiger partial charge in [-0.25, -0.2) is 4.98 Å². The number of thiazole rings is 1. The summed E-state index contributed by atoms with van der Waals surface area (Å²) < 4.78 is 3.23. The van der Waals surface area contributed by atoms with Crippen molar-refractivity contribution in [3.63, 3.8) is 0 Å². The number of benzene rings is 2. The largest absolute Gasteiger partial charge is 0.337 e. The minimum atomic E-state index is 0.703. The van der Waals surface area contributed by atoms with Gasteiger partial charge in [0, 0.05) is 7.05 Å². The third-order valence-electron chi connectivity index (χ3n) is 3.45. The van der Waals surface area contributed by atoms with Gasteiger partial charge in [0.25, 0.3) is 0 Å². The van der Waals surface area contributed by atoms with Gasteiger partial charge in [-0.1, -0.05) is 35.6 Å². The van der Waals surface area contributed by atoms with Crippen molar-refractivity contribution >= 4 is 38.8 Å². The van der Waals surface area contributed by atoms with Crippen LogP contribution in [0.25, 0.3) is 21.3 Å². The normalized spacial score (nSPS) is 12.9. The van der Waals surface area contributed by atoms with E-state index < -0.39 is 0 Å². The standard InChI is InChI=1S/C16H13N5S/c1-21-13-8-4-5-9-14(13)22-16(21)20-17-10-15-18-11-6-2-3-7-12(11)19-15/h2-10H,1H3,(H,18,19). The van der Waals surface area contributed by atoms with E-state index in [1.165, 1.54) is 4.70 Å². The number of imidazole rings is 1. The van der Waals surface area contributed by atoms with E-state index in [9.17, 15) is 0 Å². The van der Waals surface area contributed by atoms with Gasteiger partial charge in [-0.3, -0.25) is 0 Å². The van der Waals surface area contributed by atoms with Gasteiger partial charge in [0.1, 0.15) is 0 Å². The van der Waals surface area contributed by atoms with Crippen molar-refractivity contribution in [2.45, 2.75) is 0 Å². The summed E-state index contributed by atoms with van der Waals surface area (Å²) in [6.07, 6.45) is 1.64. The molecule has 0 unspecified atom stereocenters. The molecule has 22 heavy (non-hydrogen) atoms. The predicted molar refractivity (Wildman–Crippen MR) is 90.0 cm³/mol. The minimum absolute atomic E-state index is 0.703. The monoisotopic (exact) mass is 307 g/mol. The van der Waals surface area contributed by atoms with Crippen molar-refractivity contribution in [3.05, 3.63) is 59.2 Å². The zero-order valence-corrected chi connectivity index (χ0v) is 12.7. The molecule has 0 amide bonds. The van der Waals surface area contributed by atoms with Gasteiger partial charge < -0.3 is 9.55 Å². The quantitative estimate of drug-likeness (QED) is 0.449. The molecule has 2 aromatic carbocycles. The Hall–Kier alpha value is -2.73. The number of rotatable bonds is 2. The summed E-state index contributed by atoms with van der Waals surface area (Å²) in [5.41, 5.74) is 3.08. The van der Waals surface area contributed by atoms with E-state index in [2.05, 4.69) is 32.3 Å². The maximum absolute atomic E-state index is 4.44. The minimum Gasteiger partial charge on any atom is -0.337 e. The molecule has 0 saturated carbocycles. The number of para-hydroxylation sites is 3. The van der Waals surface area contributed by atoms with E-state index >= 15 is 0 Å². The predicted octanol–water partition coefficient (Wildman–Crippen LogP) is 3.05. The number of aromatic amines is 1. The van der Waals surface area contributed by atoms with Crippen LogP contribution in [0.2, 0.25) is 0 Å².